The zero-order valence-corrected chi connectivity index (χ0v) is 30.3. The average molecular weight is 695 g/mol. The Morgan fingerprint density at radius 3 is 1.28 bits per heavy atom. The molecule has 9 aromatic rings. The maximum atomic E-state index is 2.53. The molecular weight excluding hydrogens is 657 g/mol. The lowest BCUT2D eigenvalue weighted by molar-refractivity contribution is 1.18. The number of benzene rings is 8. The van der Waals surface area contributed by atoms with Gasteiger partial charge in [0.2, 0.25) is 0 Å². The van der Waals surface area contributed by atoms with Crippen molar-refractivity contribution in [1.82, 2.24) is 4.57 Å². The summed E-state index contributed by atoms with van der Waals surface area (Å²) in [6.45, 7) is 0. The van der Waals surface area contributed by atoms with Gasteiger partial charge in [0.1, 0.15) is 0 Å². The second kappa shape index (κ2) is 14.1. The smallest absolute Gasteiger partial charge is 0.172 e. The van der Waals surface area contributed by atoms with Crippen molar-refractivity contribution in [2.75, 3.05) is 4.90 Å². The third kappa shape index (κ3) is 5.97. The van der Waals surface area contributed by atoms with Gasteiger partial charge in [0.25, 0.3) is 0 Å². The lowest BCUT2D eigenvalue weighted by Crippen LogP contribution is -2.66. The van der Waals surface area contributed by atoms with E-state index in [2.05, 4.69) is 240 Å². The summed E-state index contributed by atoms with van der Waals surface area (Å²) in [6.07, 6.45) is 2.37. The zero-order chi connectivity index (χ0) is 35.5. The molecule has 0 saturated carbocycles. The van der Waals surface area contributed by atoms with Crippen molar-refractivity contribution in [2.24, 2.45) is 0 Å². The van der Waals surface area contributed by atoms with E-state index in [4.69, 9.17) is 0 Å². The highest BCUT2D eigenvalue weighted by Crippen LogP contribution is 2.39. The van der Waals surface area contributed by atoms with Crippen LogP contribution in [0.2, 0.25) is 0 Å². The van der Waals surface area contributed by atoms with Crippen molar-refractivity contribution in [3.63, 3.8) is 0 Å². The van der Waals surface area contributed by atoms with Gasteiger partial charge in [-0.3, -0.25) is 0 Å². The maximum absolute atomic E-state index is 2.57. The minimum atomic E-state index is -2.57. The van der Waals surface area contributed by atoms with Crippen molar-refractivity contribution >= 4 is 68.6 Å². The van der Waals surface area contributed by atoms with E-state index in [1.807, 2.05) is 0 Å². The van der Waals surface area contributed by atoms with Crippen LogP contribution in [-0.2, 0) is 0 Å². The molecule has 1 heterocycles. The SMILES string of the molecule is C(=C[Si](c1ccccc1)(c1ccccc1)c1ccccc1)c1ccc2c(c1)c1cc(N(c3ccccc3)c3ccccc3)ccc1n2-c1ccccc1. The molecule has 0 spiro atoms. The van der Waals surface area contributed by atoms with Crippen molar-refractivity contribution in [2.45, 2.75) is 0 Å². The molecule has 0 amide bonds. The molecule has 0 bridgehead atoms. The van der Waals surface area contributed by atoms with Gasteiger partial charge in [-0.15, -0.1) is 0 Å². The molecular formula is C50H38N2Si. The molecule has 0 aliphatic rings. The Balaban J connectivity index is 1.26. The van der Waals surface area contributed by atoms with E-state index in [1.54, 1.807) is 0 Å². The molecule has 0 N–H and O–H groups in total. The second-order valence-electron chi connectivity index (χ2n) is 13.4. The Morgan fingerprint density at radius 2 is 0.792 bits per heavy atom. The van der Waals surface area contributed by atoms with Gasteiger partial charge in [-0.05, 0) is 87.9 Å². The number of aromatic nitrogens is 1. The molecule has 0 radical (unpaired) electrons. The van der Waals surface area contributed by atoms with Crippen LogP contribution in [0.15, 0.2) is 224 Å². The number of hydrogen-bond acceptors (Lipinski definition) is 1. The van der Waals surface area contributed by atoms with E-state index in [0.29, 0.717) is 0 Å². The lowest BCUT2D eigenvalue weighted by Gasteiger charge is -2.30. The van der Waals surface area contributed by atoms with Crippen LogP contribution < -0.4 is 20.5 Å². The maximum Gasteiger partial charge on any atom is 0.172 e. The van der Waals surface area contributed by atoms with Crippen molar-refractivity contribution < 1.29 is 0 Å². The fraction of sp³-hybridized carbons (Fsp3) is 0. The quantitative estimate of drug-likeness (QED) is 0.108. The van der Waals surface area contributed by atoms with Crippen LogP contribution in [0.5, 0.6) is 0 Å². The molecule has 0 atom stereocenters. The van der Waals surface area contributed by atoms with Crippen molar-refractivity contribution in [1.29, 1.82) is 0 Å². The van der Waals surface area contributed by atoms with E-state index >= 15 is 0 Å². The Hall–Kier alpha value is -6.68. The monoisotopic (exact) mass is 694 g/mol. The molecule has 0 saturated heterocycles. The summed E-state index contributed by atoms with van der Waals surface area (Å²) in [5.74, 6) is 0. The zero-order valence-electron chi connectivity index (χ0n) is 29.3. The van der Waals surface area contributed by atoms with Crippen molar-refractivity contribution in [3.05, 3.63) is 230 Å². The van der Waals surface area contributed by atoms with Gasteiger partial charge in [-0.25, -0.2) is 0 Å². The molecule has 53 heavy (non-hydrogen) atoms. The summed E-state index contributed by atoms with van der Waals surface area (Å²) in [7, 11) is -2.57. The molecule has 0 unspecified atom stereocenters. The Labute approximate surface area is 312 Å². The van der Waals surface area contributed by atoms with Gasteiger partial charge in [0, 0.05) is 33.5 Å². The molecule has 0 aliphatic carbocycles. The summed E-state index contributed by atoms with van der Waals surface area (Å²) in [4.78, 5) is 2.34. The molecule has 0 aliphatic heterocycles. The standard InChI is InChI=1S/C50H38N2Si/c1-7-19-40(20-8-1)51(41-21-9-2-10-22-41)43-32-34-50-48(38-43)47-37-39(31-33-49(47)52(50)42-23-11-3-12-24-42)35-36-53(44-25-13-4-14-26-44,45-27-15-5-16-28-45)46-29-17-6-18-30-46/h1-38H. The van der Waals surface area contributed by atoms with Crippen LogP contribution in [0.25, 0.3) is 33.6 Å². The molecule has 3 heteroatoms. The summed E-state index contributed by atoms with van der Waals surface area (Å²) in [5.41, 5.74) is 10.6. The van der Waals surface area contributed by atoms with Gasteiger partial charge >= 0.3 is 0 Å². The van der Waals surface area contributed by atoms with Gasteiger partial charge in [0.15, 0.2) is 8.07 Å². The van der Waals surface area contributed by atoms with E-state index in [-0.39, 0.29) is 0 Å². The van der Waals surface area contributed by atoms with E-state index in [1.165, 1.54) is 42.9 Å². The minimum Gasteiger partial charge on any atom is -0.310 e. The van der Waals surface area contributed by atoms with Gasteiger partial charge < -0.3 is 9.47 Å². The topological polar surface area (TPSA) is 8.17 Å². The predicted octanol–water partition coefficient (Wildman–Crippen LogP) is 11.0. The van der Waals surface area contributed by atoms with Crippen LogP contribution in [0.1, 0.15) is 5.56 Å². The summed E-state index contributed by atoms with van der Waals surface area (Å²) >= 11 is 0. The number of rotatable bonds is 9. The van der Waals surface area contributed by atoms with Crippen LogP contribution in [0, 0.1) is 0 Å². The van der Waals surface area contributed by atoms with Gasteiger partial charge in [0.05, 0.1) is 11.0 Å². The summed E-state index contributed by atoms with van der Waals surface area (Å²) in [5, 5.41) is 6.53. The Kier molecular flexibility index (Phi) is 8.61. The van der Waals surface area contributed by atoms with E-state index in [0.717, 1.165) is 22.7 Å². The normalized spacial score (nSPS) is 11.7. The fourth-order valence-corrected chi connectivity index (χ4v) is 12.0. The van der Waals surface area contributed by atoms with Crippen LogP contribution in [-0.4, -0.2) is 12.6 Å². The first-order chi connectivity index (χ1) is 26.3. The first kappa shape index (κ1) is 32.2. The predicted molar refractivity (Wildman–Crippen MR) is 228 cm³/mol. The number of fused-ring (bicyclic) bond motifs is 3. The fourth-order valence-electron chi connectivity index (χ4n) is 7.84. The first-order valence-electron chi connectivity index (χ1n) is 18.2. The highest BCUT2D eigenvalue weighted by molar-refractivity contribution is 7.15. The van der Waals surface area contributed by atoms with Crippen LogP contribution >= 0.6 is 0 Å². The molecule has 0 fully saturated rings. The average Bonchev–Trinajstić information content (AvgIpc) is 3.56. The third-order valence-electron chi connectivity index (χ3n) is 10.3. The Bertz CT molecular complexity index is 2500. The minimum absolute atomic E-state index is 1.12. The van der Waals surface area contributed by atoms with Gasteiger partial charge in [-0.1, -0.05) is 163 Å². The van der Waals surface area contributed by atoms with Crippen LogP contribution in [0.3, 0.4) is 0 Å². The Morgan fingerprint density at radius 1 is 0.377 bits per heavy atom. The third-order valence-corrected chi connectivity index (χ3v) is 14.7. The summed E-state index contributed by atoms with van der Waals surface area (Å²) < 4.78 is 2.40. The van der Waals surface area contributed by atoms with Gasteiger partial charge in [-0.2, -0.15) is 0 Å². The number of anilines is 3. The second-order valence-corrected chi connectivity index (χ2v) is 17.1. The molecule has 2 nitrogen and oxygen atoms in total. The highest BCUT2D eigenvalue weighted by atomic mass is 28.3. The largest absolute Gasteiger partial charge is 0.310 e. The van der Waals surface area contributed by atoms with E-state index in [9.17, 15) is 0 Å². The molecule has 8 aromatic carbocycles. The van der Waals surface area contributed by atoms with E-state index < -0.39 is 8.07 Å². The number of hydrogen-bond donors (Lipinski definition) is 0. The van der Waals surface area contributed by atoms with Crippen LogP contribution in [0.4, 0.5) is 17.1 Å². The van der Waals surface area contributed by atoms with Crippen molar-refractivity contribution in [3.8, 4) is 5.69 Å². The molecule has 252 valence electrons. The lowest BCUT2D eigenvalue weighted by atomic mass is 10.1. The number of para-hydroxylation sites is 3. The highest BCUT2D eigenvalue weighted by Gasteiger charge is 2.36. The molecule has 1 aromatic heterocycles. The molecule has 9 rings (SSSR count). The first-order valence-corrected chi connectivity index (χ1v) is 20.3. The summed E-state index contributed by atoms with van der Waals surface area (Å²) in [6, 6.07) is 79.0. The number of nitrogens with zero attached hydrogens (tertiary/aromatic N) is 2.